The molecule has 0 radical (unpaired) electrons. The first-order valence-corrected chi connectivity index (χ1v) is 14.8. The van der Waals surface area contributed by atoms with Crippen LogP contribution in [0.15, 0.2) is 55.0 Å². The third kappa shape index (κ3) is 7.92. The van der Waals surface area contributed by atoms with Gasteiger partial charge in [0.05, 0.1) is 44.3 Å². The van der Waals surface area contributed by atoms with Gasteiger partial charge in [-0.3, -0.25) is 9.59 Å². The number of carbonyl (C=O) groups is 3. The highest BCUT2D eigenvalue weighted by Crippen LogP contribution is 2.32. The topological polar surface area (TPSA) is 166 Å². The van der Waals surface area contributed by atoms with Crippen molar-refractivity contribution in [3.63, 3.8) is 0 Å². The molecule has 234 valence electrons. The molecule has 2 atom stereocenters. The van der Waals surface area contributed by atoms with Crippen LogP contribution in [0.1, 0.15) is 55.1 Å². The summed E-state index contributed by atoms with van der Waals surface area (Å²) in [6.07, 6.45) is 9.85. The number of anilines is 1. The number of rotatable bonds is 7. The predicted octanol–water partition coefficient (Wildman–Crippen LogP) is 4.21. The molecule has 2 bridgehead atoms. The van der Waals surface area contributed by atoms with E-state index < -0.39 is 12.1 Å². The molecule has 0 unspecified atom stereocenters. The third-order valence-corrected chi connectivity index (χ3v) is 7.73. The summed E-state index contributed by atoms with van der Waals surface area (Å²) >= 11 is 6.22. The number of tetrazole rings is 1. The SMILES string of the molecule is COC(=O)Cc1ccc2c(c1)N[C@@H](C(=O)OC)CCCCC[C@H](NC(=O)/C=C/c1cc(Cl)ccc1-n1cnnn1)c1ncc-2[nH]1. The van der Waals surface area contributed by atoms with Crippen LogP contribution in [-0.2, 0) is 30.3 Å². The van der Waals surface area contributed by atoms with E-state index >= 15 is 0 Å². The maximum Gasteiger partial charge on any atom is 0.328 e. The zero-order valence-corrected chi connectivity index (χ0v) is 25.6. The van der Waals surface area contributed by atoms with Gasteiger partial charge in [-0.05, 0) is 59.2 Å². The number of hydrogen-bond acceptors (Lipinski definition) is 10. The maximum atomic E-state index is 13.2. The number of esters is 2. The van der Waals surface area contributed by atoms with Crippen LogP contribution in [0.25, 0.3) is 23.0 Å². The highest BCUT2D eigenvalue weighted by molar-refractivity contribution is 6.30. The van der Waals surface area contributed by atoms with Crippen molar-refractivity contribution in [1.82, 2.24) is 35.5 Å². The number of H-pyrrole nitrogens is 1. The van der Waals surface area contributed by atoms with Crippen molar-refractivity contribution in [3.8, 4) is 16.9 Å². The number of methoxy groups -OCH3 is 2. The summed E-state index contributed by atoms with van der Waals surface area (Å²) in [4.78, 5) is 45.8. The first-order chi connectivity index (χ1) is 21.8. The molecule has 0 fully saturated rings. The predicted molar refractivity (Wildman–Crippen MR) is 166 cm³/mol. The van der Waals surface area contributed by atoms with E-state index in [-0.39, 0.29) is 24.3 Å². The van der Waals surface area contributed by atoms with Crippen molar-refractivity contribution in [3.05, 3.63) is 77.0 Å². The standard InChI is InChI=1S/C31H33ClN8O5/c1-44-29(42)15-19-8-11-22-25(14-19)35-24(31(43)45-2)7-5-3-4-6-23(30-33-17-26(22)37-30)36-28(41)13-9-20-16-21(32)10-12-27(20)40-18-34-38-39-40/h8-14,16-18,23-24,35H,3-7,15H2,1-2H3,(H,33,37)(H,36,41)/b13-9+/t23-,24+/m0/s1. The van der Waals surface area contributed by atoms with E-state index in [0.717, 1.165) is 30.4 Å². The van der Waals surface area contributed by atoms with Gasteiger partial charge in [0, 0.05) is 27.9 Å². The molecule has 45 heavy (non-hydrogen) atoms. The van der Waals surface area contributed by atoms with Crippen LogP contribution < -0.4 is 10.6 Å². The number of aromatic nitrogens is 6. The number of nitrogens with zero attached hydrogens (tertiary/aromatic N) is 5. The van der Waals surface area contributed by atoms with E-state index in [9.17, 15) is 14.4 Å². The molecule has 1 amide bonds. The number of fused-ring (bicyclic) bond motifs is 4. The fourth-order valence-corrected chi connectivity index (χ4v) is 5.38. The van der Waals surface area contributed by atoms with Gasteiger partial charge in [-0.15, -0.1) is 5.10 Å². The molecule has 0 aliphatic carbocycles. The summed E-state index contributed by atoms with van der Waals surface area (Å²) in [6.45, 7) is 0. The zero-order chi connectivity index (χ0) is 31.8. The van der Waals surface area contributed by atoms with Crippen molar-refractivity contribution >= 4 is 41.2 Å². The van der Waals surface area contributed by atoms with Crippen LogP contribution in [0.5, 0.6) is 0 Å². The van der Waals surface area contributed by atoms with Gasteiger partial charge in [-0.2, -0.15) is 4.68 Å². The van der Waals surface area contributed by atoms with Gasteiger partial charge in [-0.1, -0.05) is 43.0 Å². The molecule has 2 aromatic heterocycles. The summed E-state index contributed by atoms with van der Waals surface area (Å²) in [7, 11) is 2.70. The molecule has 5 rings (SSSR count). The number of ether oxygens (including phenoxy) is 2. The number of aromatic amines is 1. The maximum absolute atomic E-state index is 13.2. The van der Waals surface area contributed by atoms with Gasteiger partial charge in [-0.25, -0.2) is 9.78 Å². The fraction of sp³-hybridized carbons (Fsp3) is 0.323. The molecule has 0 spiro atoms. The number of nitrogens with one attached hydrogen (secondary N) is 3. The van der Waals surface area contributed by atoms with Gasteiger partial charge < -0.3 is 25.1 Å². The van der Waals surface area contributed by atoms with E-state index in [0.29, 0.717) is 46.3 Å². The van der Waals surface area contributed by atoms with E-state index in [1.54, 1.807) is 30.5 Å². The summed E-state index contributed by atoms with van der Waals surface area (Å²) in [5, 5.41) is 18.2. The summed E-state index contributed by atoms with van der Waals surface area (Å²) in [5.74, 6) is -0.468. The monoisotopic (exact) mass is 632 g/mol. The van der Waals surface area contributed by atoms with Gasteiger partial charge in [0.1, 0.15) is 18.2 Å². The molecule has 3 N–H and O–H groups in total. The van der Waals surface area contributed by atoms with Crippen molar-refractivity contribution in [2.75, 3.05) is 19.5 Å². The number of benzene rings is 2. The molecule has 14 heteroatoms. The minimum Gasteiger partial charge on any atom is -0.469 e. The number of imidazole rings is 1. The molecule has 1 aliphatic heterocycles. The Hall–Kier alpha value is -5.04. The van der Waals surface area contributed by atoms with Crippen molar-refractivity contribution in [2.24, 2.45) is 0 Å². The van der Waals surface area contributed by atoms with Gasteiger partial charge in [0.25, 0.3) is 0 Å². The van der Waals surface area contributed by atoms with Crippen LogP contribution in [0.2, 0.25) is 5.02 Å². The molecule has 0 saturated carbocycles. The third-order valence-electron chi connectivity index (χ3n) is 7.49. The molecule has 3 heterocycles. The Kier molecular flexibility index (Phi) is 10.2. The minimum atomic E-state index is -0.587. The Labute approximate surface area is 264 Å². The number of amides is 1. The highest BCUT2D eigenvalue weighted by Gasteiger charge is 2.24. The summed E-state index contributed by atoms with van der Waals surface area (Å²) < 4.78 is 11.4. The van der Waals surface area contributed by atoms with E-state index in [2.05, 4.69) is 36.1 Å². The minimum absolute atomic E-state index is 0.0800. The second-order valence-electron chi connectivity index (χ2n) is 10.5. The Balaban J connectivity index is 1.41. The molecule has 2 aromatic carbocycles. The number of carbonyl (C=O) groups excluding carboxylic acids is 3. The van der Waals surface area contributed by atoms with Crippen molar-refractivity contribution in [2.45, 2.75) is 50.6 Å². The van der Waals surface area contributed by atoms with E-state index in [4.69, 9.17) is 21.1 Å². The van der Waals surface area contributed by atoms with Crippen LogP contribution in [0, 0.1) is 0 Å². The smallest absolute Gasteiger partial charge is 0.328 e. The Bertz CT molecular complexity index is 1690. The number of hydrogen-bond donors (Lipinski definition) is 3. The van der Waals surface area contributed by atoms with E-state index in [1.165, 1.54) is 31.3 Å². The Morgan fingerprint density at radius 2 is 1.93 bits per heavy atom. The van der Waals surface area contributed by atoms with Crippen LogP contribution in [0.4, 0.5) is 5.69 Å². The largest absolute Gasteiger partial charge is 0.469 e. The molecule has 0 saturated heterocycles. The first-order valence-electron chi connectivity index (χ1n) is 14.5. The van der Waals surface area contributed by atoms with Crippen molar-refractivity contribution < 1.29 is 23.9 Å². The highest BCUT2D eigenvalue weighted by atomic mass is 35.5. The molecule has 1 aliphatic rings. The summed E-state index contributed by atoms with van der Waals surface area (Å²) in [5.41, 5.74) is 4.12. The van der Waals surface area contributed by atoms with Crippen molar-refractivity contribution in [1.29, 1.82) is 0 Å². The lowest BCUT2D eigenvalue weighted by Gasteiger charge is -2.20. The second kappa shape index (κ2) is 14.6. The molecular weight excluding hydrogens is 600 g/mol. The Morgan fingerprint density at radius 3 is 2.71 bits per heavy atom. The average Bonchev–Trinajstić information content (AvgIpc) is 3.75. The van der Waals surface area contributed by atoms with Gasteiger partial charge in [0.2, 0.25) is 5.91 Å². The van der Waals surface area contributed by atoms with E-state index in [1.807, 2.05) is 18.2 Å². The zero-order valence-electron chi connectivity index (χ0n) is 24.8. The van der Waals surface area contributed by atoms with Gasteiger partial charge >= 0.3 is 11.9 Å². The first kappa shape index (κ1) is 31.4. The Morgan fingerprint density at radius 1 is 1.09 bits per heavy atom. The van der Waals surface area contributed by atoms with Crippen LogP contribution in [-0.4, -0.2) is 68.3 Å². The lowest BCUT2D eigenvalue weighted by atomic mass is 10.0. The fourth-order valence-electron chi connectivity index (χ4n) is 5.20. The van der Waals surface area contributed by atoms with Crippen LogP contribution >= 0.6 is 11.6 Å². The lowest BCUT2D eigenvalue weighted by molar-refractivity contribution is -0.142. The second-order valence-corrected chi connectivity index (χ2v) is 11.0. The molecule has 13 nitrogen and oxygen atoms in total. The van der Waals surface area contributed by atoms with Crippen LogP contribution in [0.3, 0.4) is 0 Å². The lowest BCUT2D eigenvalue weighted by Crippen LogP contribution is -2.31. The normalized spacial score (nSPS) is 16.8. The average molecular weight is 633 g/mol. The summed E-state index contributed by atoms with van der Waals surface area (Å²) in [6, 6.07) is 9.74. The quantitative estimate of drug-likeness (QED) is 0.198. The van der Waals surface area contributed by atoms with Gasteiger partial charge in [0.15, 0.2) is 0 Å². The number of halogens is 1. The molecular formula is C31H33ClN8O5. The molecule has 4 aromatic rings.